The van der Waals surface area contributed by atoms with Gasteiger partial charge in [-0.15, -0.1) is 0 Å². The Balaban J connectivity index is 1.52. The SMILES string of the molecule is C[C@@H]1C(=O)N2CCC[C@@H]2CN1CCOc1ccc(F)cc1. The lowest BCUT2D eigenvalue weighted by Crippen LogP contribution is -2.59. The van der Waals surface area contributed by atoms with Crippen LogP contribution in [0.15, 0.2) is 24.3 Å². The molecule has 2 fully saturated rings. The second-order valence-corrected chi connectivity index (χ2v) is 5.80. The minimum atomic E-state index is -0.265. The van der Waals surface area contributed by atoms with Crippen LogP contribution in [0.25, 0.3) is 0 Å². The Kier molecular flexibility index (Phi) is 4.10. The van der Waals surface area contributed by atoms with Crippen molar-refractivity contribution in [2.45, 2.75) is 31.8 Å². The predicted molar refractivity (Wildman–Crippen MR) is 77.7 cm³/mol. The lowest BCUT2D eigenvalue weighted by molar-refractivity contribution is -0.143. The number of rotatable bonds is 4. The van der Waals surface area contributed by atoms with E-state index in [4.69, 9.17) is 4.74 Å². The van der Waals surface area contributed by atoms with E-state index in [0.29, 0.717) is 24.9 Å². The number of carbonyl (C=O) groups excluding carboxylic acids is 1. The molecule has 1 aromatic carbocycles. The second kappa shape index (κ2) is 6.02. The highest BCUT2D eigenvalue weighted by Crippen LogP contribution is 2.25. The van der Waals surface area contributed by atoms with Crippen LogP contribution in [0, 0.1) is 5.82 Å². The van der Waals surface area contributed by atoms with E-state index in [-0.39, 0.29) is 17.8 Å². The molecule has 4 nitrogen and oxygen atoms in total. The fourth-order valence-electron chi connectivity index (χ4n) is 3.24. The number of fused-ring (bicyclic) bond motifs is 1. The number of amides is 1. The molecule has 21 heavy (non-hydrogen) atoms. The lowest BCUT2D eigenvalue weighted by atomic mass is 10.1. The van der Waals surface area contributed by atoms with Crippen LogP contribution < -0.4 is 4.74 Å². The van der Waals surface area contributed by atoms with Gasteiger partial charge in [0.1, 0.15) is 18.2 Å². The third kappa shape index (κ3) is 3.02. The summed E-state index contributed by atoms with van der Waals surface area (Å²) in [6.45, 7) is 5.03. The third-order valence-electron chi connectivity index (χ3n) is 4.47. The number of benzene rings is 1. The van der Waals surface area contributed by atoms with Crippen molar-refractivity contribution >= 4 is 5.91 Å². The van der Waals surface area contributed by atoms with Crippen molar-refractivity contribution in [1.82, 2.24) is 9.80 Å². The van der Waals surface area contributed by atoms with Crippen LogP contribution >= 0.6 is 0 Å². The zero-order valence-electron chi connectivity index (χ0n) is 12.3. The summed E-state index contributed by atoms with van der Waals surface area (Å²) < 4.78 is 18.4. The van der Waals surface area contributed by atoms with Gasteiger partial charge in [0.25, 0.3) is 0 Å². The van der Waals surface area contributed by atoms with Crippen LogP contribution in [-0.2, 0) is 4.79 Å². The van der Waals surface area contributed by atoms with Gasteiger partial charge in [0, 0.05) is 25.7 Å². The maximum absolute atomic E-state index is 12.8. The van der Waals surface area contributed by atoms with Gasteiger partial charge in [0.15, 0.2) is 0 Å². The largest absolute Gasteiger partial charge is 0.492 e. The minimum Gasteiger partial charge on any atom is -0.492 e. The number of nitrogens with zero attached hydrogens (tertiary/aromatic N) is 2. The number of ether oxygens (including phenoxy) is 1. The van der Waals surface area contributed by atoms with E-state index < -0.39 is 0 Å². The van der Waals surface area contributed by atoms with Gasteiger partial charge < -0.3 is 9.64 Å². The molecule has 5 heteroatoms. The zero-order valence-corrected chi connectivity index (χ0v) is 12.3. The van der Waals surface area contributed by atoms with Crippen molar-refractivity contribution in [2.75, 3.05) is 26.2 Å². The molecular weight excluding hydrogens is 271 g/mol. The van der Waals surface area contributed by atoms with E-state index in [1.54, 1.807) is 12.1 Å². The summed E-state index contributed by atoms with van der Waals surface area (Å²) in [6, 6.07) is 6.32. The molecule has 1 amide bonds. The molecule has 2 atom stereocenters. The Hall–Kier alpha value is -1.62. The molecule has 0 aliphatic carbocycles. The fourth-order valence-corrected chi connectivity index (χ4v) is 3.24. The van der Waals surface area contributed by atoms with Gasteiger partial charge in [-0.3, -0.25) is 9.69 Å². The molecular formula is C16H21FN2O2. The first-order chi connectivity index (χ1) is 10.1. The molecule has 2 heterocycles. The highest BCUT2D eigenvalue weighted by atomic mass is 19.1. The summed E-state index contributed by atoms with van der Waals surface area (Å²) in [7, 11) is 0. The third-order valence-corrected chi connectivity index (χ3v) is 4.47. The average Bonchev–Trinajstić information content (AvgIpc) is 2.95. The number of piperazine rings is 1. The number of hydrogen-bond donors (Lipinski definition) is 0. The maximum Gasteiger partial charge on any atom is 0.239 e. The zero-order chi connectivity index (χ0) is 14.8. The summed E-state index contributed by atoms with van der Waals surface area (Å²) in [4.78, 5) is 16.5. The summed E-state index contributed by atoms with van der Waals surface area (Å²) in [6.07, 6.45) is 2.22. The van der Waals surface area contributed by atoms with E-state index in [9.17, 15) is 9.18 Å². The standard InChI is InChI=1S/C16H21FN2O2/c1-12-16(20)19-8-2-3-14(19)11-18(12)9-10-21-15-6-4-13(17)5-7-15/h4-7,12,14H,2-3,8-11H2,1H3/t12-,14-/m1/s1. The quantitative estimate of drug-likeness (QED) is 0.850. The molecule has 1 aromatic rings. The average molecular weight is 292 g/mol. The molecule has 0 spiro atoms. The van der Waals surface area contributed by atoms with E-state index in [2.05, 4.69) is 4.90 Å². The number of carbonyl (C=O) groups is 1. The molecule has 0 saturated carbocycles. The van der Waals surface area contributed by atoms with Crippen LogP contribution in [0.3, 0.4) is 0 Å². The van der Waals surface area contributed by atoms with Gasteiger partial charge in [-0.1, -0.05) is 0 Å². The summed E-state index contributed by atoms with van der Waals surface area (Å²) >= 11 is 0. The molecule has 2 aliphatic rings. The van der Waals surface area contributed by atoms with Gasteiger partial charge >= 0.3 is 0 Å². The topological polar surface area (TPSA) is 32.8 Å². The molecule has 3 rings (SSSR count). The Bertz CT molecular complexity index is 506. The van der Waals surface area contributed by atoms with Gasteiger partial charge in [0.2, 0.25) is 5.91 Å². The summed E-state index contributed by atoms with van der Waals surface area (Å²) in [5.41, 5.74) is 0. The van der Waals surface area contributed by atoms with Crippen LogP contribution in [-0.4, -0.2) is 54.0 Å². The van der Waals surface area contributed by atoms with Gasteiger partial charge in [-0.2, -0.15) is 0 Å². The van der Waals surface area contributed by atoms with Crippen LogP contribution in [0.2, 0.25) is 0 Å². The Morgan fingerprint density at radius 2 is 2.10 bits per heavy atom. The minimum absolute atomic E-state index is 0.0730. The maximum atomic E-state index is 12.8. The molecule has 0 radical (unpaired) electrons. The first-order valence-corrected chi connectivity index (χ1v) is 7.58. The molecule has 2 saturated heterocycles. The Morgan fingerprint density at radius 3 is 2.86 bits per heavy atom. The van der Waals surface area contributed by atoms with Gasteiger partial charge in [-0.25, -0.2) is 4.39 Å². The Labute approximate surface area is 124 Å². The molecule has 0 unspecified atom stereocenters. The van der Waals surface area contributed by atoms with Crippen molar-refractivity contribution in [2.24, 2.45) is 0 Å². The normalized spacial score (nSPS) is 26.0. The number of hydrogen-bond acceptors (Lipinski definition) is 3. The highest BCUT2D eigenvalue weighted by molar-refractivity contribution is 5.83. The van der Waals surface area contributed by atoms with Crippen molar-refractivity contribution in [3.8, 4) is 5.75 Å². The Morgan fingerprint density at radius 1 is 1.33 bits per heavy atom. The predicted octanol–water partition coefficient (Wildman–Crippen LogP) is 1.90. The van der Waals surface area contributed by atoms with Crippen molar-refractivity contribution < 1.29 is 13.9 Å². The van der Waals surface area contributed by atoms with Crippen molar-refractivity contribution in [3.63, 3.8) is 0 Å². The lowest BCUT2D eigenvalue weighted by Gasteiger charge is -2.41. The summed E-state index contributed by atoms with van der Waals surface area (Å²) in [5.74, 6) is 0.638. The van der Waals surface area contributed by atoms with E-state index in [1.807, 2.05) is 11.8 Å². The molecule has 2 aliphatic heterocycles. The fraction of sp³-hybridized carbons (Fsp3) is 0.562. The number of halogens is 1. The molecule has 0 N–H and O–H groups in total. The van der Waals surface area contributed by atoms with Crippen molar-refractivity contribution in [1.29, 1.82) is 0 Å². The van der Waals surface area contributed by atoms with Gasteiger partial charge in [0.05, 0.1) is 6.04 Å². The first-order valence-electron chi connectivity index (χ1n) is 7.58. The highest BCUT2D eigenvalue weighted by Gasteiger charge is 2.39. The first kappa shape index (κ1) is 14.3. The summed E-state index contributed by atoms with van der Waals surface area (Å²) in [5, 5.41) is 0. The van der Waals surface area contributed by atoms with Crippen LogP contribution in [0.1, 0.15) is 19.8 Å². The van der Waals surface area contributed by atoms with Crippen LogP contribution in [0.4, 0.5) is 4.39 Å². The smallest absolute Gasteiger partial charge is 0.239 e. The second-order valence-electron chi connectivity index (χ2n) is 5.80. The van der Waals surface area contributed by atoms with E-state index in [1.165, 1.54) is 12.1 Å². The van der Waals surface area contributed by atoms with Gasteiger partial charge in [-0.05, 0) is 44.0 Å². The van der Waals surface area contributed by atoms with Crippen LogP contribution in [0.5, 0.6) is 5.75 Å². The monoisotopic (exact) mass is 292 g/mol. The molecule has 114 valence electrons. The molecule has 0 aromatic heterocycles. The van der Waals surface area contributed by atoms with Crippen molar-refractivity contribution in [3.05, 3.63) is 30.1 Å². The van der Waals surface area contributed by atoms with E-state index in [0.717, 1.165) is 25.9 Å². The molecule has 0 bridgehead atoms. The van der Waals surface area contributed by atoms with E-state index >= 15 is 0 Å².